The maximum Gasteiger partial charge on any atom is 0.416 e. The Labute approximate surface area is 98.3 Å². The molecule has 1 aromatic carbocycles. The lowest BCUT2D eigenvalue weighted by molar-refractivity contribution is -0.137. The van der Waals surface area contributed by atoms with Gasteiger partial charge in [0.15, 0.2) is 0 Å². The van der Waals surface area contributed by atoms with Crippen molar-refractivity contribution in [2.24, 2.45) is 0 Å². The molecule has 0 amide bonds. The van der Waals surface area contributed by atoms with Gasteiger partial charge in [-0.3, -0.25) is 0 Å². The van der Waals surface area contributed by atoms with Crippen LogP contribution < -0.4 is 0 Å². The van der Waals surface area contributed by atoms with E-state index in [9.17, 15) is 18.3 Å². The molecule has 1 aliphatic carbocycles. The molecule has 0 unspecified atom stereocenters. The first-order valence-electron chi connectivity index (χ1n) is 5.74. The molecule has 2 rings (SSSR count). The number of rotatable bonds is 1. The van der Waals surface area contributed by atoms with Crippen molar-refractivity contribution in [1.29, 1.82) is 0 Å². The molecule has 0 aromatic heterocycles. The SMILES string of the molecule is Cc1ccc(C(F)(F)F)cc1C1(O)CCCC1. The molecule has 1 N–H and O–H groups in total. The summed E-state index contributed by atoms with van der Waals surface area (Å²) in [6.45, 7) is 1.74. The fourth-order valence-electron chi connectivity index (χ4n) is 2.53. The summed E-state index contributed by atoms with van der Waals surface area (Å²) in [5.41, 5.74) is -0.587. The van der Waals surface area contributed by atoms with Crippen molar-refractivity contribution in [3.8, 4) is 0 Å². The van der Waals surface area contributed by atoms with Crippen LogP contribution in [0.2, 0.25) is 0 Å². The van der Waals surface area contributed by atoms with Crippen LogP contribution in [0.1, 0.15) is 42.4 Å². The molecule has 1 aromatic rings. The van der Waals surface area contributed by atoms with Crippen molar-refractivity contribution >= 4 is 0 Å². The summed E-state index contributed by atoms with van der Waals surface area (Å²) in [4.78, 5) is 0. The van der Waals surface area contributed by atoms with E-state index in [0.717, 1.165) is 30.5 Å². The van der Waals surface area contributed by atoms with E-state index in [-0.39, 0.29) is 0 Å². The van der Waals surface area contributed by atoms with Crippen LogP contribution in [0.5, 0.6) is 0 Å². The quantitative estimate of drug-likeness (QED) is 0.797. The van der Waals surface area contributed by atoms with Crippen LogP contribution in [0.25, 0.3) is 0 Å². The van der Waals surface area contributed by atoms with Crippen LogP contribution in [-0.4, -0.2) is 5.11 Å². The minimum atomic E-state index is -4.35. The summed E-state index contributed by atoms with van der Waals surface area (Å²) in [5, 5.41) is 10.4. The van der Waals surface area contributed by atoms with Gasteiger partial charge in [0.2, 0.25) is 0 Å². The van der Waals surface area contributed by atoms with E-state index >= 15 is 0 Å². The number of halogens is 3. The van der Waals surface area contributed by atoms with Gasteiger partial charge in [-0.25, -0.2) is 0 Å². The molecule has 0 spiro atoms. The number of hydrogen-bond donors (Lipinski definition) is 1. The van der Waals surface area contributed by atoms with Gasteiger partial charge in [0.05, 0.1) is 11.2 Å². The van der Waals surface area contributed by atoms with E-state index in [1.165, 1.54) is 6.07 Å². The van der Waals surface area contributed by atoms with Gasteiger partial charge in [0.25, 0.3) is 0 Å². The summed E-state index contributed by atoms with van der Waals surface area (Å²) in [5.74, 6) is 0. The van der Waals surface area contributed by atoms with Gasteiger partial charge in [-0.05, 0) is 43.0 Å². The monoisotopic (exact) mass is 244 g/mol. The second kappa shape index (κ2) is 4.02. The van der Waals surface area contributed by atoms with Crippen LogP contribution in [0, 0.1) is 6.92 Å². The van der Waals surface area contributed by atoms with E-state index in [1.807, 2.05) is 0 Å². The van der Waals surface area contributed by atoms with Gasteiger partial charge in [-0.1, -0.05) is 18.9 Å². The van der Waals surface area contributed by atoms with Crippen molar-refractivity contribution in [2.75, 3.05) is 0 Å². The smallest absolute Gasteiger partial charge is 0.385 e. The van der Waals surface area contributed by atoms with Crippen LogP contribution in [0.4, 0.5) is 13.2 Å². The number of aryl methyl sites for hydroxylation is 1. The zero-order valence-electron chi connectivity index (χ0n) is 9.64. The molecular formula is C13H15F3O. The van der Waals surface area contributed by atoms with Crippen LogP contribution >= 0.6 is 0 Å². The van der Waals surface area contributed by atoms with E-state index in [4.69, 9.17) is 0 Å². The van der Waals surface area contributed by atoms with Gasteiger partial charge in [0.1, 0.15) is 0 Å². The number of alkyl halides is 3. The molecule has 4 heteroatoms. The number of aliphatic hydroxyl groups is 1. The second-order valence-electron chi connectivity index (χ2n) is 4.77. The van der Waals surface area contributed by atoms with Crippen LogP contribution in [0.15, 0.2) is 18.2 Å². The Bertz CT molecular complexity index is 417. The van der Waals surface area contributed by atoms with Gasteiger partial charge in [0, 0.05) is 0 Å². The Morgan fingerprint density at radius 1 is 1.18 bits per heavy atom. The zero-order chi connectivity index (χ0) is 12.7. The summed E-state index contributed by atoms with van der Waals surface area (Å²) in [7, 11) is 0. The second-order valence-corrected chi connectivity index (χ2v) is 4.77. The molecule has 1 saturated carbocycles. The Hall–Kier alpha value is -1.03. The predicted octanol–water partition coefficient (Wildman–Crippen LogP) is 3.78. The largest absolute Gasteiger partial charge is 0.416 e. The average Bonchev–Trinajstić information content (AvgIpc) is 2.65. The molecule has 0 heterocycles. The van der Waals surface area contributed by atoms with Gasteiger partial charge in [-0.2, -0.15) is 13.2 Å². The van der Waals surface area contributed by atoms with Crippen LogP contribution in [0.3, 0.4) is 0 Å². The van der Waals surface area contributed by atoms with Crippen molar-refractivity contribution < 1.29 is 18.3 Å². The fourth-order valence-corrected chi connectivity index (χ4v) is 2.53. The van der Waals surface area contributed by atoms with Gasteiger partial charge >= 0.3 is 6.18 Å². The van der Waals surface area contributed by atoms with Crippen molar-refractivity contribution in [1.82, 2.24) is 0 Å². The molecular weight excluding hydrogens is 229 g/mol. The first kappa shape index (κ1) is 12.4. The normalized spacial score (nSPS) is 19.6. The van der Waals surface area contributed by atoms with Crippen molar-refractivity contribution in [2.45, 2.75) is 44.4 Å². The molecule has 17 heavy (non-hydrogen) atoms. The predicted molar refractivity (Wildman–Crippen MR) is 58.5 cm³/mol. The van der Waals surface area contributed by atoms with Gasteiger partial charge in [-0.15, -0.1) is 0 Å². The maximum atomic E-state index is 12.6. The zero-order valence-corrected chi connectivity index (χ0v) is 9.64. The Kier molecular flexibility index (Phi) is 2.94. The number of hydrogen-bond acceptors (Lipinski definition) is 1. The molecule has 1 fully saturated rings. The lowest BCUT2D eigenvalue weighted by Crippen LogP contribution is -2.23. The highest BCUT2D eigenvalue weighted by atomic mass is 19.4. The van der Waals surface area contributed by atoms with Gasteiger partial charge < -0.3 is 5.11 Å². The van der Waals surface area contributed by atoms with E-state index in [2.05, 4.69) is 0 Å². The Balaban J connectivity index is 2.46. The van der Waals surface area contributed by atoms with Crippen molar-refractivity contribution in [3.05, 3.63) is 34.9 Å². The highest BCUT2D eigenvalue weighted by Gasteiger charge is 2.37. The summed E-state index contributed by atoms with van der Waals surface area (Å²) in [6, 6.07) is 3.60. The number of benzene rings is 1. The molecule has 0 atom stereocenters. The maximum absolute atomic E-state index is 12.6. The highest BCUT2D eigenvalue weighted by molar-refractivity contribution is 5.37. The molecule has 0 bridgehead atoms. The minimum Gasteiger partial charge on any atom is -0.385 e. The molecule has 1 nitrogen and oxygen atoms in total. The minimum absolute atomic E-state index is 0.435. The molecule has 0 aliphatic heterocycles. The van der Waals surface area contributed by atoms with E-state index < -0.39 is 17.3 Å². The van der Waals surface area contributed by atoms with Crippen LogP contribution in [-0.2, 0) is 11.8 Å². The Morgan fingerprint density at radius 2 is 1.76 bits per heavy atom. The molecule has 0 radical (unpaired) electrons. The first-order chi connectivity index (χ1) is 7.83. The van der Waals surface area contributed by atoms with E-state index in [0.29, 0.717) is 18.4 Å². The van der Waals surface area contributed by atoms with E-state index in [1.54, 1.807) is 6.92 Å². The summed E-state index contributed by atoms with van der Waals surface area (Å²) in [6.07, 6.45) is -1.51. The highest BCUT2D eigenvalue weighted by Crippen LogP contribution is 2.41. The first-order valence-corrected chi connectivity index (χ1v) is 5.74. The third kappa shape index (κ3) is 2.32. The lowest BCUT2D eigenvalue weighted by atomic mass is 9.87. The third-order valence-corrected chi connectivity index (χ3v) is 3.50. The van der Waals surface area contributed by atoms with Crippen molar-refractivity contribution in [3.63, 3.8) is 0 Å². The summed E-state index contributed by atoms with van der Waals surface area (Å²) < 4.78 is 37.9. The third-order valence-electron chi connectivity index (χ3n) is 3.50. The lowest BCUT2D eigenvalue weighted by Gasteiger charge is -2.25. The topological polar surface area (TPSA) is 20.2 Å². The standard InChI is InChI=1S/C13H15F3O/c1-9-4-5-10(13(14,15)16)8-11(9)12(17)6-2-3-7-12/h4-5,8,17H,2-3,6-7H2,1H3. The average molecular weight is 244 g/mol. The molecule has 0 saturated heterocycles. The molecule has 1 aliphatic rings. The summed E-state index contributed by atoms with van der Waals surface area (Å²) >= 11 is 0. The fraction of sp³-hybridized carbons (Fsp3) is 0.538. The Morgan fingerprint density at radius 3 is 2.29 bits per heavy atom. The molecule has 94 valence electrons.